The van der Waals surface area contributed by atoms with Crippen LogP contribution in [0.4, 0.5) is 5.13 Å². The summed E-state index contributed by atoms with van der Waals surface area (Å²) in [5.74, 6) is 0.597. The minimum Gasteiger partial charge on any atom is -0.390 e. The van der Waals surface area contributed by atoms with E-state index >= 15 is 0 Å². The van der Waals surface area contributed by atoms with Gasteiger partial charge in [-0.25, -0.2) is 9.67 Å². The van der Waals surface area contributed by atoms with Crippen LogP contribution in [0.15, 0.2) is 17.8 Å². The third-order valence-electron chi connectivity index (χ3n) is 5.21. The monoisotopic (exact) mass is 349 g/mol. The third-order valence-corrected chi connectivity index (χ3v) is 5.90. The van der Waals surface area contributed by atoms with Crippen molar-refractivity contribution in [2.45, 2.75) is 32.0 Å². The first kappa shape index (κ1) is 15.7. The highest BCUT2D eigenvalue weighted by Gasteiger charge is 2.46. The molecule has 2 aromatic heterocycles. The molecule has 8 nitrogen and oxygen atoms in total. The van der Waals surface area contributed by atoms with Crippen molar-refractivity contribution in [3.8, 4) is 0 Å². The number of nitrogens with zero attached hydrogens (tertiary/aromatic N) is 4. The Balaban J connectivity index is 1.39. The summed E-state index contributed by atoms with van der Waals surface area (Å²) < 4.78 is 1.81. The smallest absolute Gasteiger partial charge is 0.235 e. The standard InChI is InChI=1S/C15H20N6O2S/c22-9-11-6-21(19-18-11)7-12-5-10-1-3-20(12)8-13(10)14(23)17-15-16-2-4-24-15/h2,4,6,10,12-13,22H,1,3,5,7-9H2,(H,16,17,23)/p+1/t10-,12+,13-/m0/s1. The second-order valence-electron chi connectivity index (χ2n) is 6.62. The number of carbonyl (C=O) groups is 1. The third kappa shape index (κ3) is 3.06. The number of hydrogen-bond acceptors (Lipinski definition) is 6. The fourth-order valence-corrected chi connectivity index (χ4v) is 4.56. The Bertz CT molecular complexity index is 703. The van der Waals surface area contributed by atoms with Gasteiger partial charge in [0, 0.05) is 24.4 Å². The van der Waals surface area contributed by atoms with E-state index in [-0.39, 0.29) is 18.4 Å². The number of thiazole rings is 1. The zero-order valence-electron chi connectivity index (χ0n) is 13.3. The van der Waals surface area contributed by atoms with Crippen LogP contribution in [-0.4, -0.2) is 50.1 Å². The number of rotatable bonds is 5. The molecule has 4 atom stereocenters. The molecule has 0 aromatic carbocycles. The zero-order chi connectivity index (χ0) is 16.5. The fourth-order valence-electron chi connectivity index (χ4n) is 4.03. The number of amides is 1. The lowest BCUT2D eigenvalue weighted by molar-refractivity contribution is -0.945. The summed E-state index contributed by atoms with van der Waals surface area (Å²) in [5, 5.41) is 22.6. The van der Waals surface area contributed by atoms with E-state index in [1.165, 1.54) is 16.2 Å². The molecule has 3 saturated heterocycles. The molecular formula is C15H21N6O2S+. The lowest BCUT2D eigenvalue weighted by atomic mass is 9.75. The molecule has 3 aliphatic heterocycles. The van der Waals surface area contributed by atoms with Gasteiger partial charge in [-0.15, -0.1) is 16.4 Å². The summed E-state index contributed by atoms with van der Waals surface area (Å²) in [6, 6.07) is 0.459. The van der Waals surface area contributed by atoms with Crippen LogP contribution in [0.1, 0.15) is 18.5 Å². The molecule has 1 unspecified atom stereocenters. The second-order valence-corrected chi connectivity index (χ2v) is 7.51. The zero-order valence-corrected chi connectivity index (χ0v) is 14.1. The molecule has 5 rings (SSSR count). The summed E-state index contributed by atoms with van der Waals surface area (Å²) in [4.78, 5) is 18.2. The number of hydrogen-bond donors (Lipinski definition) is 3. The van der Waals surface area contributed by atoms with Crippen molar-refractivity contribution in [2.24, 2.45) is 11.8 Å². The molecule has 0 aliphatic carbocycles. The van der Waals surface area contributed by atoms with Gasteiger partial charge in [-0.3, -0.25) is 4.79 Å². The van der Waals surface area contributed by atoms with Crippen molar-refractivity contribution in [3.05, 3.63) is 23.5 Å². The molecule has 5 heterocycles. The van der Waals surface area contributed by atoms with Gasteiger partial charge in [0.1, 0.15) is 11.7 Å². The lowest BCUT2D eigenvalue weighted by Crippen LogP contribution is -3.20. The van der Waals surface area contributed by atoms with E-state index in [1.54, 1.807) is 12.4 Å². The van der Waals surface area contributed by atoms with Gasteiger partial charge in [0.25, 0.3) is 0 Å². The molecule has 3 aliphatic rings. The van der Waals surface area contributed by atoms with Crippen molar-refractivity contribution in [3.63, 3.8) is 0 Å². The topological polar surface area (TPSA) is 97.4 Å². The van der Waals surface area contributed by atoms with E-state index in [0.29, 0.717) is 22.8 Å². The maximum absolute atomic E-state index is 12.5. The number of aromatic nitrogens is 4. The maximum Gasteiger partial charge on any atom is 0.235 e. The fraction of sp³-hybridized carbons (Fsp3) is 0.600. The second kappa shape index (κ2) is 6.58. The number of quaternary nitrogens is 1. The van der Waals surface area contributed by atoms with Crippen LogP contribution in [0.5, 0.6) is 0 Å². The van der Waals surface area contributed by atoms with Gasteiger partial charge in [0.05, 0.1) is 38.4 Å². The van der Waals surface area contributed by atoms with Crippen LogP contribution >= 0.6 is 11.3 Å². The Morgan fingerprint density at radius 2 is 2.46 bits per heavy atom. The van der Waals surface area contributed by atoms with Crippen LogP contribution in [-0.2, 0) is 17.9 Å². The van der Waals surface area contributed by atoms with Crippen molar-refractivity contribution in [1.82, 2.24) is 20.0 Å². The summed E-state index contributed by atoms with van der Waals surface area (Å²) >= 11 is 1.45. The Kier molecular flexibility index (Phi) is 4.30. The van der Waals surface area contributed by atoms with Crippen molar-refractivity contribution in [2.75, 3.05) is 18.4 Å². The van der Waals surface area contributed by atoms with E-state index < -0.39 is 0 Å². The number of piperidine rings is 3. The van der Waals surface area contributed by atoms with Crippen LogP contribution in [0.2, 0.25) is 0 Å². The molecule has 2 aromatic rings. The van der Waals surface area contributed by atoms with Gasteiger partial charge in [-0.1, -0.05) is 5.21 Å². The molecule has 24 heavy (non-hydrogen) atoms. The van der Waals surface area contributed by atoms with Gasteiger partial charge in [-0.05, 0) is 5.92 Å². The number of aliphatic hydroxyl groups is 1. The van der Waals surface area contributed by atoms with Crippen LogP contribution in [0, 0.1) is 11.8 Å². The minimum absolute atomic E-state index is 0.0673. The Morgan fingerprint density at radius 1 is 1.54 bits per heavy atom. The molecule has 128 valence electrons. The van der Waals surface area contributed by atoms with Crippen LogP contribution < -0.4 is 10.2 Å². The quantitative estimate of drug-likeness (QED) is 0.654. The average molecular weight is 349 g/mol. The molecule has 9 heteroatoms. The van der Waals surface area contributed by atoms with Crippen LogP contribution in [0.3, 0.4) is 0 Å². The SMILES string of the molecule is O=C(Nc1nccs1)[C@H]1C[NH+]2CC[C@H]1C[C@@H]2Cn1cc(CO)nn1. The molecular weight excluding hydrogens is 328 g/mol. The van der Waals surface area contributed by atoms with E-state index in [9.17, 15) is 4.79 Å². The lowest BCUT2D eigenvalue weighted by Gasteiger charge is -2.46. The van der Waals surface area contributed by atoms with Crippen molar-refractivity contribution >= 4 is 22.4 Å². The van der Waals surface area contributed by atoms with E-state index in [4.69, 9.17) is 5.11 Å². The molecule has 3 fully saturated rings. The van der Waals surface area contributed by atoms with Gasteiger partial charge in [0.15, 0.2) is 5.13 Å². The Hall–Kier alpha value is -1.84. The van der Waals surface area contributed by atoms with Crippen molar-refractivity contribution in [1.29, 1.82) is 0 Å². The molecule has 0 saturated carbocycles. The number of anilines is 1. The minimum atomic E-state index is -0.0805. The highest BCUT2D eigenvalue weighted by molar-refractivity contribution is 7.13. The van der Waals surface area contributed by atoms with Gasteiger partial charge in [-0.2, -0.15) is 0 Å². The van der Waals surface area contributed by atoms with E-state index in [2.05, 4.69) is 20.6 Å². The highest BCUT2D eigenvalue weighted by Crippen LogP contribution is 2.28. The largest absolute Gasteiger partial charge is 0.390 e. The maximum atomic E-state index is 12.5. The molecule has 3 N–H and O–H groups in total. The normalized spacial score (nSPS) is 28.9. The molecule has 0 radical (unpaired) electrons. The van der Waals surface area contributed by atoms with Crippen molar-refractivity contribution < 1.29 is 14.8 Å². The first-order valence-electron chi connectivity index (χ1n) is 8.27. The first-order chi connectivity index (χ1) is 11.7. The van der Waals surface area contributed by atoms with Gasteiger partial charge < -0.3 is 15.3 Å². The molecule has 0 spiro atoms. The summed E-state index contributed by atoms with van der Waals surface area (Å²) in [5.41, 5.74) is 0.599. The van der Waals surface area contributed by atoms with E-state index in [0.717, 1.165) is 32.5 Å². The number of nitrogens with one attached hydrogen (secondary N) is 2. The summed E-state index contributed by atoms with van der Waals surface area (Å²) in [6.07, 6.45) is 5.63. The number of aliphatic hydroxyl groups excluding tert-OH is 1. The van der Waals surface area contributed by atoms with E-state index in [1.807, 2.05) is 10.1 Å². The highest BCUT2D eigenvalue weighted by atomic mass is 32.1. The Morgan fingerprint density at radius 3 is 3.12 bits per heavy atom. The average Bonchev–Trinajstić information content (AvgIpc) is 3.27. The Labute approximate surface area is 143 Å². The predicted molar refractivity (Wildman–Crippen MR) is 87.4 cm³/mol. The predicted octanol–water partition coefficient (Wildman–Crippen LogP) is -0.841. The summed E-state index contributed by atoms with van der Waals surface area (Å²) in [7, 11) is 0. The molecule has 2 bridgehead atoms. The molecule has 1 amide bonds. The van der Waals surface area contributed by atoms with Crippen LogP contribution in [0.25, 0.3) is 0 Å². The number of carbonyl (C=O) groups excluding carboxylic acids is 1. The van der Waals surface area contributed by atoms with Gasteiger partial charge >= 0.3 is 0 Å². The number of fused-ring (bicyclic) bond motifs is 3. The summed E-state index contributed by atoms with van der Waals surface area (Å²) in [6.45, 7) is 2.69. The first-order valence-corrected chi connectivity index (χ1v) is 9.15. The van der Waals surface area contributed by atoms with Gasteiger partial charge in [0.2, 0.25) is 5.91 Å².